The highest BCUT2D eigenvalue weighted by atomic mass is 16.5. The number of rotatable bonds is 4. The summed E-state index contributed by atoms with van der Waals surface area (Å²) in [6, 6.07) is 12.4. The second kappa shape index (κ2) is 7.55. The summed E-state index contributed by atoms with van der Waals surface area (Å²) in [5, 5.41) is 0. The van der Waals surface area contributed by atoms with Gasteiger partial charge in [-0.15, -0.1) is 0 Å². The second-order valence-electron chi connectivity index (χ2n) is 6.62. The number of pyridine rings is 1. The Kier molecular flexibility index (Phi) is 5.22. The van der Waals surface area contributed by atoms with E-state index in [9.17, 15) is 4.79 Å². The maximum absolute atomic E-state index is 11.9. The van der Waals surface area contributed by atoms with Crippen LogP contribution < -0.4 is 9.64 Å². The molecule has 0 aliphatic carbocycles. The van der Waals surface area contributed by atoms with Crippen molar-refractivity contribution in [3.8, 4) is 5.75 Å². The predicted molar refractivity (Wildman–Crippen MR) is 98.8 cm³/mol. The first kappa shape index (κ1) is 17.3. The zero-order chi connectivity index (χ0) is 17.8. The Labute approximate surface area is 149 Å². The van der Waals surface area contributed by atoms with Gasteiger partial charge in [-0.05, 0) is 43.7 Å². The van der Waals surface area contributed by atoms with Crippen LogP contribution in [0.3, 0.4) is 0 Å². The molecule has 5 heteroatoms. The van der Waals surface area contributed by atoms with E-state index in [1.54, 1.807) is 6.92 Å². The van der Waals surface area contributed by atoms with Crippen molar-refractivity contribution in [3.05, 3.63) is 54.4 Å². The molecular formula is C20H25N3O2. The number of hydrogen-bond donors (Lipinski definition) is 0. The van der Waals surface area contributed by atoms with Crippen LogP contribution in [0.1, 0.15) is 32.4 Å². The molecule has 0 radical (unpaired) electrons. The number of carbonyl (C=O) groups excluding carboxylic acids is 1. The lowest BCUT2D eigenvalue weighted by atomic mass is 10.0. The van der Waals surface area contributed by atoms with Crippen LogP contribution in [0.2, 0.25) is 0 Å². The van der Waals surface area contributed by atoms with Crippen molar-refractivity contribution in [2.24, 2.45) is 0 Å². The van der Waals surface area contributed by atoms with E-state index in [0.29, 0.717) is 6.54 Å². The van der Waals surface area contributed by atoms with Crippen molar-refractivity contribution in [2.45, 2.75) is 32.9 Å². The Balaban J connectivity index is 1.88. The molecule has 0 unspecified atom stereocenters. The molecule has 1 aromatic heterocycles. The Hall–Kier alpha value is -2.56. The van der Waals surface area contributed by atoms with Crippen LogP contribution in [0, 0.1) is 0 Å². The van der Waals surface area contributed by atoms with Gasteiger partial charge in [0, 0.05) is 44.6 Å². The molecule has 132 valence electrons. The molecule has 0 bridgehead atoms. The van der Waals surface area contributed by atoms with Crippen LogP contribution in [0.5, 0.6) is 5.75 Å². The molecule has 0 spiro atoms. The molecule has 1 aliphatic heterocycles. The number of ether oxygens (including phenoxy) is 1. The zero-order valence-corrected chi connectivity index (χ0v) is 15.1. The van der Waals surface area contributed by atoms with Gasteiger partial charge in [0.1, 0.15) is 5.75 Å². The number of hydrogen-bond acceptors (Lipinski definition) is 4. The summed E-state index contributed by atoms with van der Waals surface area (Å²) in [7, 11) is 0. The highest BCUT2D eigenvalue weighted by Crippen LogP contribution is 2.31. The molecule has 2 heterocycles. The third-order valence-electron chi connectivity index (χ3n) is 4.46. The van der Waals surface area contributed by atoms with Crippen molar-refractivity contribution in [2.75, 3.05) is 24.5 Å². The number of nitrogens with zero attached hydrogens (tertiary/aromatic N) is 3. The number of aromatic nitrogens is 1. The van der Waals surface area contributed by atoms with Crippen molar-refractivity contribution >= 4 is 11.6 Å². The first-order valence-corrected chi connectivity index (χ1v) is 8.73. The molecule has 2 aromatic rings. The quantitative estimate of drug-likeness (QED) is 0.857. The van der Waals surface area contributed by atoms with Gasteiger partial charge in [0.05, 0.1) is 12.1 Å². The first-order valence-electron chi connectivity index (χ1n) is 8.73. The Morgan fingerprint density at radius 3 is 2.40 bits per heavy atom. The highest BCUT2D eigenvalue weighted by molar-refractivity contribution is 5.73. The molecule has 1 aliphatic rings. The third-order valence-corrected chi connectivity index (χ3v) is 4.46. The van der Waals surface area contributed by atoms with Gasteiger partial charge in [-0.3, -0.25) is 9.78 Å². The van der Waals surface area contributed by atoms with E-state index in [2.05, 4.69) is 22.0 Å². The predicted octanol–water partition coefficient (Wildman–Crippen LogP) is 3.28. The number of amides is 1. The Morgan fingerprint density at radius 2 is 1.80 bits per heavy atom. The van der Waals surface area contributed by atoms with Gasteiger partial charge in [0.15, 0.2) is 0 Å². The van der Waals surface area contributed by atoms with E-state index in [0.717, 1.165) is 24.5 Å². The van der Waals surface area contributed by atoms with Crippen LogP contribution in [0.25, 0.3) is 0 Å². The van der Waals surface area contributed by atoms with Gasteiger partial charge in [0.2, 0.25) is 5.91 Å². The molecule has 0 N–H and O–H groups in total. The molecule has 0 saturated carbocycles. The summed E-state index contributed by atoms with van der Waals surface area (Å²) in [6.45, 7) is 7.90. The van der Waals surface area contributed by atoms with Crippen molar-refractivity contribution in [3.63, 3.8) is 0 Å². The minimum Gasteiger partial charge on any atom is -0.491 e. The summed E-state index contributed by atoms with van der Waals surface area (Å²) >= 11 is 0. The van der Waals surface area contributed by atoms with E-state index in [1.165, 1.54) is 5.56 Å². The normalized spacial score (nSPS) is 17.7. The SMILES string of the molecule is CC(=O)N1CCN(c2ccncc2)[C@@H](c2ccc(OC(C)C)cc2)C1. The van der Waals surface area contributed by atoms with Gasteiger partial charge in [-0.25, -0.2) is 0 Å². The van der Waals surface area contributed by atoms with Crippen LogP contribution in [0.4, 0.5) is 5.69 Å². The maximum Gasteiger partial charge on any atom is 0.219 e. The highest BCUT2D eigenvalue weighted by Gasteiger charge is 2.29. The lowest BCUT2D eigenvalue weighted by Gasteiger charge is -2.42. The fourth-order valence-electron chi connectivity index (χ4n) is 3.24. The summed E-state index contributed by atoms with van der Waals surface area (Å²) in [5.41, 5.74) is 2.31. The maximum atomic E-state index is 11.9. The smallest absolute Gasteiger partial charge is 0.219 e. The molecule has 1 saturated heterocycles. The topological polar surface area (TPSA) is 45.7 Å². The summed E-state index contributed by atoms with van der Waals surface area (Å²) in [5.74, 6) is 0.993. The molecule has 25 heavy (non-hydrogen) atoms. The van der Waals surface area contributed by atoms with E-state index in [1.807, 2.05) is 55.4 Å². The second-order valence-corrected chi connectivity index (χ2v) is 6.62. The van der Waals surface area contributed by atoms with Crippen LogP contribution in [-0.2, 0) is 4.79 Å². The Morgan fingerprint density at radius 1 is 1.12 bits per heavy atom. The van der Waals surface area contributed by atoms with E-state index >= 15 is 0 Å². The van der Waals surface area contributed by atoms with Crippen molar-refractivity contribution < 1.29 is 9.53 Å². The summed E-state index contributed by atoms with van der Waals surface area (Å²) in [4.78, 5) is 20.2. The lowest BCUT2D eigenvalue weighted by Crippen LogP contribution is -2.50. The van der Waals surface area contributed by atoms with Crippen molar-refractivity contribution in [1.82, 2.24) is 9.88 Å². The minimum atomic E-state index is 0.119. The van der Waals surface area contributed by atoms with Gasteiger partial charge < -0.3 is 14.5 Å². The van der Waals surface area contributed by atoms with E-state index in [-0.39, 0.29) is 18.1 Å². The first-order chi connectivity index (χ1) is 12.0. The van der Waals surface area contributed by atoms with Gasteiger partial charge in [-0.1, -0.05) is 12.1 Å². The molecule has 1 aromatic carbocycles. The molecule has 1 atom stereocenters. The number of benzene rings is 1. The average Bonchev–Trinajstić information content (AvgIpc) is 2.62. The van der Waals surface area contributed by atoms with E-state index in [4.69, 9.17) is 4.74 Å². The van der Waals surface area contributed by atoms with Crippen LogP contribution in [0.15, 0.2) is 48.8 Å². The molecule has 1 amide bonds. The zero-order valence-electron chi connectivity index (χ0n) is 15.1. The van der Waals surface area contributed by atoms with Gasteiger partial charge >= 0.3 is 0 Å². The summed E-state index contributed by atoms with van der Waals surface area (Å²) in [6.07, 6.45) is 3.77. The third kappa shape index (κ3) is 4.10. The number of carbonyl (C=O) groups is 1. The minimum absolute atomic E-state index is 0.119. The lowest BCUT2D eigenvalue weighted by molar-refractivity contribution is -0.129. The fraction of sp³-hybridized carbons (Fsp3) is 0.400. The van der Waals surface area contributed by atoms with Crippen LogP contribution in [-0.4, -0.2) is 41.5 Å². The average molecular weight is 339 g/mol. The Bertz CT molecular complexity index is 701. The largest absolute Gasteiger partial charge is 0.491 e. The van der Waals surface area contributed by atoms with E-state index < -0.39 is 0 Å². The van der Waals surface area contributed by atoms with Gasteiger partial charge in [-0.2, -0.15) is 0 Å². The van der Waals surface area contributed by atoms with Crippen LogP contribution >= 0.6 is 0 Å². The fourth-order valence-corrected chi connectivity index (χ4v) is 3.24. The standard InChI is InChI=1S/C20H25N3O2/c1-15(2)25-19-6-4-17(5-7-19)20-14-22(16(3)24)12-13-23(20)18-8-10-21-11-9-18/h4-11,15,20H,12-14H2,1-3H3/t20-/m1/s1. The molecule has 3 rings (SSSR count). The van der Waals surface area contributed by atoms with Gasteiger partial charge in [0.25, 0.3) is 0 Å². The number of piperazine rings is 1. The monoisotopic (exact) mass is 339 g/mol. The summed E-state index contributed by atoms with van der Waals surface area (Å²) < 4.78 is 5.74. The molecular weight excluding hydrogens is 314 g/mol. The van der Waals surface area contributed by atoms with Crippen molar-refractivity contribution in [1.29, 1.82) is 0 Å². The molecule has 5 nitrogen and oxygen atoms in total. The molecule has 1 fully saturated rings. The number of anilines is 1.